The molecule has 3 nitrogen and oxygen atoms in total. The third-order valence-corrected chi connectivity index (χ3v) is 2.77. The van der Waals surface area contributed by atoms with Gasteiger partial charge in [-0.2, -0.15) is 0 Å². The van der Waals surface area contributed by atoms with Gasteiger partial charge in [0.25, 0.3) is 0 Å². The molecule has 1 aliphatic heterocycles. The predicted molar refractivity (Wildman–Crippen MR) is 69.5 cm³/mol. The van der Waals surface area contributed by atoms with E-state index in [2.05, 4.69) is 11.4 Å². The van der Waals surface area contributed by atoms with Gasteiger partial charge < -0.3 is 15.2 Å². The standard InChI is InChI=1S/C13H16ClNO2/c1-9(16)6-15-7-10-4-11-5-12(14)2-3-13(11)17-8-10/h2-5,9,15-16H,6-8H2,1H3. The second-order valence-corrected chi connectivity index (χ2v) is 4.69. The Morgan fingerprint density at radius 2 is 2.35 bits per heavy atom. The molecule has 1 heterocycles. The Hall–Kier alpha value is -1.03. The van der Waals surface area contributed by atoms with Gasteiger partial charge in [-0.3, -0.25) is 0 Å². The number of rotatable bonds is 4. The lowest BCUT2D eigenvalue weighted by atomic mass is 10.1. The summed E-state index contributed by atoms with van der Waals surface area (Å²) in [5, 5.41) is 13.0. The van der Waals surface area contributed by atoms with Crippen LogP contribution in [0.5, 0.6) is 5.75 Å². The van der Waals surface area contributed by atoms with Gasteiger partial charge >= 0.3 is 0 Å². The van der Waals surface area contributed by atoms with Gasteiger partial charge in [-0.05, 0) is 36.8 Å². The summed E-state index contributed by atoms with van der Waals surface area (Å²) in [6, 6.07) is 5.60. The van der Waals surface area contributed by atoms with Gasteiger partial charge in [0.15, 0.2) is 0 Å². The summed E-state index contributed by atoms with van der Waals surface area (Å²) < 4.78 is 5.62. The minimum absolute atomic E-state index is 0.332. The topological polar surface area (TPSA) is 41.5 Å². The Balaban J connectivity index is 2.02. The fourth-order valence-corrected chi connectivity index (χ4v) is 1.92. The van der Waals surface area contributed by atoms with Crippen LogP contribution in [0.2, 0.25) is 5.02 Å². The number of hydrogen-bond donors (Lipinski definition) is 2. The summed E-state index contributed by atoms with van der Waals surface area (Å²) >= 11 is 5.94. The Labute approximate surface area is 106 Å². The highest BCUT2D eigenvalue weighted by atomic mass is 35.5. The quantitative estimate of drug-likeness (QED) is 0.863. The molecule has 17 heavy (non-hydrogen) atoms. The summed E-state index contributed by atoms with van der Waals surface area (Å²) in [6.07, 6.45) is 1.75. The van der Waals surface area contributed by atoms with Crippen molar-refractivity contribution in [3.05, 3.63) is 34.4 Å². The van der Waals surface area contributed by atoms with E-state index in [4.69, 9.17) is 21.4 Å². The average Bonchev–Trinajstić information content (AvgIpc) is 2.28. The van der Waals surface area contributed by atoms with Gasteiger partial charge in [0.2, 0.25) is 0 Å². The second kappa shape index (κ2) is 5.54. The molecule has 2 rings (SSSR count). The molecule has 0 aliphatic carbocycles. The molecular formula is C13H16ClNO2. The molecule has 1 aromatic carbocycles. The van der Waals surface area contributed by atoms with E-state index in [1.165, 1.54) is 0 Å². The summed E-state index contributed by atoms with van der Waals surface area (Å²) in [7, 11) is 0. The van der Waals surface area contributed by atoms with Crippen LogP contribution >= 0.6 is 11.6 Å². The van der Waals surface area contributed by atoms with Crippen LogP contribution in [-0.2, 0) is 0 Å². The van der Waals surface area contributed by atoms with E-state index in [0.717, 1.165) is 23.4 Å². The largest absolute Gasteiger partial charge is 0.489 e. The van der Waals surface area contributed by atoms with Crippen LogP contribution in [0.4, 0.5) is 0 Å². The molecule has 1 unspecified atom stereocenters. The van der Waals surface area contributed by atoms with Crippen molar-refractivity contribution in [1.29, 1.82) is 0 Å². The van der Waals surface area contributed by atoms with Crippen molar-refractivity contribution in [1.82, 2.24) is 5.32 Å². The lowest BCUT2D eigenvalue weighted by molar-refractivity contribution is 0.192. The van der Waals surface area contributed by atoms with E-state index in [-0.39, 0.29) is 6.10 Å². The molecule has 92 valence electrons. The number of nitrogens with one attached hydrogen (secondary N) is 1. The molecular weight excluding hydrogens is 238 g/mol. The van der Waals surface area contributed by atoms with Crippen LogP contribution in [0.25, 0.3) is 6.08 Å². The minimum atomic E-state index is -0.332. The van der Waals surface area contributed by atoms with Crippen LogP contribution in [0.15, 0.2) is 23.8 Å². The molecule has 4 heteroatoms. The first-order chi connectivity index (χ1) is 8.15. The van der Waals surface area contributed by atoms with Crippen LogP contribution in [-0.4, -0.2) is 30.9 Å². The summed E-state index contributed by atoms with van der Waals surface area (Å²) in [5.41, 5.74) is 2.16. The predicted octanol–water partition coefficient (Wildman–Crippen LogP) is 2.09. The highest BCUT2D eigenvalue weighted by molar-refractivity contribution is 6.30. The molecule has 0 saturated carbocycles. The van der Waals surface area contributed by atoms with Crippen molar-refractivity contribution in [3.8, 4) is 5.75 Å². The van der Waals surface area contributed by atoms with E-state index < -0.39 is 0 Å². The van der Waals surface area contributed by atoms with Crippen LogP contribution < -0.4 is 10.1 Å². The number of halogens is 1. The zero-order valence-corrected chi connectivity index (χ0v) is 10.5. The van der Waals surface area contributed by atoms with Crippen molar-refractivity contribution >= 4 is 17.7 Å². The van der Waals surface area contributed by atoms with Gasteiger partial charge in [-0.15, -0.1) is 0 Å². The third-order valence-electron chi connectivity index (χ3n) is 2.54. The first-order valence-corrected chi connectivity index (χ1v) is 6.03. The summed E-state index contributed by atoms with van der Waals surface area (Å²) in [5.74, 6) is 0.869. The summed E-state index contributed by atoms with van der Waals surface area (Å²) in [4.78, 5) is 0. The zero-order chi connectivity index (χ0) is 12.3. The monoisotopic (exact) mass is 253 g/mol. The first kappa shape index (κ1) is 12.4. The van der Waals surface area contributed by atoms with Gasteiger partial charge in [0.1, 0.15) is 12.4 Å². The molecule has 1 aromatic rings. The molecule has 0 spiro atoms. The van der Waals surface area contributed by atoms with Gasteiger partial charge in [-0.25, -0.2) is 0 Å². The maximum atomic E-state index is 9.15. The second-order valence-electron chi connectivity index (χ2n) is 4.25. The van der Waals surface area contributed by atoms with Crippen LogP contribution in [0.1, 0.15) is 12.5 Å². The zero-order valence-electron chi connectivity index (χ0n) is 9.74. The van der Waals surface area contributed by atoms with E-state index >= 15 is 0 Å². The minimum Gasteiger partial charge on any atom is -0.489 e. The highest BCUT2D eigenvalue weighted by Crippen LogP contribution is 2.28. The number of aliphatic hydroxyl groups excluding tert-OH is 1. The normalized spacial score (nSPS) is 15.8. The highest BCUT2D eigenvalue weighted by Gasteiger charge is 2.11. The van der Waals surface area contributed by atoms with Gasteiger partial charge in [0.05, 0.1) is 6.10 Å². The van der Waals surface area contributed by atoms with Crippen molar-refractivity contribution in [2.24, 2.45) is 0 Å². The third kappa shape index (κ3) is 3.46. The molecule has 0 bridgehead atoms. The van der Waals surface area contributed by atoms with Gasteiger partial charge in [-0.1, -0.05) is 11.6 Å². The Morgan fingerprint density at radius 1 is 1.53 bits per heavy atom. The smallest absolute Gasteiger partial charge is 0.127 e. The average molecular weight is 254 g/mol. The molecule has 0 radical (unpaired) electrons. The number of aliphatic hydroxyl groups is 1. The molecule has 0 fully saturated rings. The van der Waals surface area contributed by atoms with Gasteiger partial charge in [0, 0.05) is 23.7 Å². The van der Waals surface area contributed by atoms with E-state index in [9.17, 15) is 0 Å². The fraction of sp³-hybridized carbons (Fsp3) is 0.385. The van der Waals surface area contributed by atoms with Crippen LogP contribution in [0, 0.1) is 0 Å². The maximum Gasteiger partial charge on any atom is 0.127 e. The molecule has 0 saturated heterocycles. The number of hydrogen-bond acceptors (Lipinski definition) is 3. The molecule has 0 aromatic heterocycles. The number of benzene rings is 1. The Kier molecular flexibility index (Phi) is 4.05. The van der Waals surface area contributed by atoms with Crippen molar-refractivity contribution in [3.63, 3.8) is 0 Å². The molecule has 0 amide bonds. The Morgan fingerprint density at radius 3 is 3.12 bits per heavy atom. The summed E-state index contributed by atoms with van der Waals surface area (Å²) in [6.45, 7) is 3.64. The van der Waals surface area contributed by atoms with Crippen molar-refractivity contribution < 1.29 is 9.84 Å². The Bertz CT molecular complexity index is 429. The first-order valence-electron chi connectivity index (χ1n) is 5.66. The fourth-order valence-electron chi connectivity index (χ4n) is 1.74. The lowest BCUT2D eigenvalue weighted by Crippen LogP contribution is -2.28. The SMILES string of the molecule is CC(O)CNCC1=Cc2cc(Cl)ccc2OC1. The van der Waals surface area contributed by atoms with Crippen molar-refractivity contribution in [2.45, 2.75) is 13.0 Å². The van der Waals surface area contributed by atoms with E-state index in [0.29, 0.717) is 18.2 Å². The molecule has 1 aliphatic rings. The van der Waals surface area contributed by atoms with Crippen LogP contribution in [0.3, 0.4) is 0 Å². The van der Waals surface area contributed by atoms with E-state index in [1.807, 2.05) is 18.2 Å². The number of ether oxygens (including phenoxy) is 1. The maximum absolute atomic E-state index is 9.15. The molecule has 2 N–H and O–H groups in total. The van der Waals surface area contributed by atoms with E-state index in [1.54, 1.807) is 6.92 Å². The lowest BCUT2D eigenvalue weighted by Gasteiger charge is -2.18. The van der Waals surface area contributed by atoms with Crippen molar-refractivity contribution in [2.75, 3.05) is 19.7 Å². The molecule has 1 atom stereocenters. The number of fused-ring (bicyclic) bond motifs is 1.